The Bertz CT molecular complexity index is 732. The summed E-state index contributed by atoms with van der Waals surface area (Å²) in [5.41, 5.74) is 9.49. The minimum absolute atomic E-state index is 0.545. The van der Waals surface area contributed by atoms with E-state index in [-0.39, 0.29) is 0 Å². The Morgan fingerprint density at radius 2 is 1.81 bits per heavy atom. The van der Waals surface area contributed by atoms with Crippen LogP contribution in [0.4, 0.5) is 0 Å². The minimum atomic E-state index is 0.545. The predicted octanol–water partition coefficient (Wildman–Crippen LogP) is 3.70. The molecule has 1 heterocycles. The molecule has 2 aromatic carbocycles. The molecule has 0 amide bonds. The second-order valence-electron chi connectivity index (χ2n) is 5.06. The van der Waals surface area contributed by atoms with Crippen molar-refractivity contribution in [1.82, 2.24) is 4.57 Å². The van der Waals surface area contributed by atoms with Gasteiger partial charge in [-0.2, -0.15) is 0 Å². The molecule has 0 aliphatic rings. The number of aryl methyl sites for hydroxylation is 1. The summed E-state index contributed by atoms with van der Waals surface area (Å²) in [6.45, 7) is 4.19. The summed E-state index contributed by atoms with van der Waals surface area (Å²) in [6, 6.07) is 16.2. The van der Waals surface area contributed by atoms with E-state index in [0.717, 1.165) is 12.3 Å². The monoisotopic (exact) mass is 280 g/mol. The van der Waals surface area contributed by atoms with Crippen LogP contribution in [0.1, 0.15) is 18.1 Å². The third-order valence-corrected chi connectivity index (χ3v) is 3.77. The third kappa shape index (κ3) is 2.65. The van der Waals surface area contributed by atoms with Gasteiger partial charge in [0.2, 0.25) is 0 Å². The zero-order chi connectivity index (χ0) is 14.7. The molecule has 108 valence electrons. The topological polar surface area (TPSA) is 40.2 Å². The average molecular weight is 280 g/mol. The molecule has 0 atom stereocenters. The lowest BCUT2D eigenvalue weighted by Gasteiger charge is -2.07. The molecule has 0 saturated heterocycles. The molecule has 0 radical (unpaired) electrons. The fourth-order valence-corrected chi connectivity index (χ4v) is 2.74. The van der Waals surface area contributed by atoms with Gasteiger partial charge in [-0.15, -0.1) is 0 Å². The van der Waals surface area contributed by atoms with E-state index in [9.17, 15) is 0 Å². The van der Waals surface area contributed by atoms with Crippen molar-refractivity contribution in [2.75, 3.05) is 0 Å². The molecular formula is C18H20N2O. The predicted molar refractivity (Wildman–Crippen MR) is 86.3 cm³/mol. The molecular weight excluding hydrogens is 260 g/mol. The van der Waals surface area contributed by atoms with E-state index < -0.39 is 0 Å². The van der Waals surface area contributed by atoms with Crippen LogP contribution in [0.3, 0.4) is 0 Å². The zero-order valence-electron chi connectivity index (χ0n) is 12.3. The zero-order valence-corrected chi connectivity index (χ0v) is 12.3. The van der Waals surface area contributed by atoms with Gasteiger partial charge in [-0.1, -0.05) is 30.3 Å². The Balaban J connectivity index is 1.98. The first-order chi connectivity index (χ1) is 10.3. The molecule has 0 bridgehead atoms. The van der Waals surface area contributed by atoms with E-state index in [4.69, 9.17) is 10.5 Å². The van der Waals surface area contributed by atoms with Crippen LogP contribution >= 0.6 is 0 Å². The van der Waals surface area contributed by atoms with Crippen LogP contribution < -0.4 is 10.5 Å². The molecule has 0 saturated carbocycles. The number of nitrogens with two attached hydrogens (primary N) is 1. The van der Waals surface area contributed by atoms with Crippen molar-refractivity contribution >= 4 is 10.9 Å². The number of aromatic nitrogens is 1. The number of nitrogens with zero attached hydrogens (tertiary/aromatic N) is 1. The molecule has 0 spiro atoms. The van der Waals surface area contributed by atoms with Gasteiger partial charge >= 0.3 is 0 Å². The van der Waals surface area contributed by atoms with Crippen LogP contribution in [0, 0.1) is 0 Å². The normalized spacial score (nSPS) is 11.0. The van der Waals surface area contributed by atoms with Crippen molar-refractivity contribution in [3.05, 3.63) is 65.9 Å². The fourth-order valence-electron chi connectivity index (χ4n) is 2.74. The van der Waals surface area contributed by atoms with E-state index in [1.54, 1.807) is 0 Å². The van der Waals surface area contributed by atoms with Crippen LogP contribution in [0.25, 0.3) is 10.9 Å². The second kappa shape index (κ2) is 6.02. The van der Waals surface area contributed by atoms with Gasteiger partial charge in [0.1, 0.15) is 12.4 Å². The number of rotatable bonds is 5. The second-order valence-corrected chi connectivity index (χ2v) is 5.06. The first kappa shape index (κ1) is 13.7. The molecule has 3 rings (SSSR count). The van der Waals surface area contributed by atoms with E-state index in [2.05, 4.69) is 35.9 Å². The molecule has 0 aliphatic heterocycles. The molecule has 3 aromatic rings. The van der Waals surface area contributed by atoms with Gasteiger partial charge in [0.05, 0.1) is 0 Å². The van der Waals surface area contributed by atoms with Crippen molar-refractivity contribution < 1.29 is 4.74 Å². The Hall–Kier alpha value is -2.26. The molecule has 21 heavy (non-hydrogen) atoms. The first-order valence-corrected chi connectivity index (χ1v) is 7.31. The minimum Gasteiger partial charge on any atom is -0.489 e. The number of fused-ring (bicyclic) bond motifs is 1. The number of benzene rings is 2. The van der Waals surface area contributed by atoms with Gasteiger partial charge in [0, 0.05) is 35.8 Å². The van der Waals surface area contributed by atoms with Crippen molar-refractivity contribution in [2.24, 2.45) is 5.73 Å². The molecule has 1 aromatic heterocycles. The summed E-state index contributed by atoms with van der Waals surface area (Å²) in [5, 5.41) is 1.23. The lowest BCUT2D eigenvalue weighted by atomic mass is 10.1. The fraction of sp³-hybridized carbons (Fsp3) is 0.222. The molecule has 0 aliphatic carbocycles. The number of para-hydroxylation sites is 1. The van der Waals surface area contributed by atoms with Crippen LogP contribution in [0.2, 0.25) is 0 Å². The Morgan fingerprint density at radius 3 is 2.52 bits per heavy atom. The molecule has 0 fully saturated rings. The van der Waals surface area contributed by atoms with E-state index >= 15 is 0 Å². The van der Waals surface area contributed by atoms with Crippen molar-refractivity contribution in [3.8, 4) is 5.75 Å². The van der Waals surface area contributed by atoms with Crippen molar-refractivity contribution in [3.63, 3.8) is 0 Å². The summed E-state index contributed by atoms with van der Waals surface area (Å²) >= 11 is 0. The number of hydrogen-bond donors (Lipinski definition) is 1. The summed E-state index contributed by atoms with van der Waals surface area (Å²) in [5.74, 6) is 0.889. The van der Waals surface area contributed by atoms with Crippen LogP contribution in [-0.2, 0) is 19.7 Å². The summed E-state index contributed by atoms with van der Waals surface area (Å²) in [4.78, 5) is 0. The smallest absolute Gasteiger partial charge is 0.119 e. The number of ether oxygens (including phenoxy) is 1. The maximum atomic E-state index is 5.90. The van der Waals surface area contributed by atoms with Gasteiger partial charge in [0.25, 0.3) is 0 Å². The highest BCUT2D eigenvalue weighted by Gasteiger charge is 2.11. The summed E-state index contributed by atoms with van der Waals surface area (Å²) in [6.07, 6.45) is 2.17. The largest absolute Gasteiger partial charge is 0.489 e. The van der Waals surface area contributed by atoms with Crippen LogP contribution in [0.15, 0.2) is 54.7 Å². The van der Waals surface area contributed by atoms with Crippen LogP contribution in [0.5, 0.6) is 5.75 Å². The lowest BCUT2D eigenvalue weighted by Crippen LogP contribution is -1.99. The van der Waals surface area contributed by atoms with E-state index in [1.807, 2.05) is 30.3 Å². The summed E-state index contributed by atoms with van der Waals surface area (Å²) in [7, 11) is 0. The Kier molecular flexibility index (Phi) is 3.93. The average Bonchev–Trinajstić information content (AvgIpc) is 2.92. The third-order valence-electron chi connectivity index (χ3n) is 3.77. The lowest BCUT2D eigenvalue weighted by molar-refractivity contribution is 0.307. The Morgan fingerprint density at radius 1 is 1.00 bits per heavy atom. The maximum absolute atomic E-state index is 5.90. The SMILES string of the molecule is CCn1cc(COc2ccccc2)c2c(CN)cccc21. The standard InChI is InChI=1S/C18H20N2O/c1-2-20-12-15(13-21-16-8-4-3-5-9-16)18-14(11-19)7-6-10-17(18)20/h3-10,12H,2,11,13,19H2,1H3. The Labute approximate surface area is 125 Å². The molecule has 3 heteroatoms. The highest BCUT2D eigenvalue weighted by molar-refractivity contribution is 5.87. The molecule has 0 unspecified atom stereocenters. The van der Waals surface area contributed by atoms with Gasteiger partial charge in [0.15, 0.2) is 0 Å². The molecule has 3 nitrogen and oxygen atoms in total. The highest BCUT2D eigenvalue weighted by atomic mass is 16.5. The van der Waals surface area contributed by atoms with Gasteiger partial charge in [-0.25, -0.2) is 0 Å². The van der Waals surface area contributed by atoms with Crippen molar-refractivity contribution in [1.29, 1.82) is 0 Å². The maximum Gasteiger partial charge on any atom is 0.119 e. The quantitative estimate of drug-likeness (QED) is 0.774. The van der Waals surface area contributed by atoms with Crippen LogP contribution in [-0.4, -0.2) is 4.57 Å². The summed E-state index contributed by atoms with van der Waals surface area (Å²) < 4.78 is 8.15. The van der Waals surface area contributed by atoms with Gasteiger partial charge < -0.3 is 15.0 Å². The van der Waals surface area contributed by atoms with Gasteiger partial charge in [-0.3, -0.25) is 0 Å². The van der Waals surface area contributed by atoms with Gasteiger partial charge in [-0.05, 0) is 30.7 Å². The highest BCUT2D eigenvalue weighted by Crippen LogP contribution is 2.26. The molecule has 2 N–H and O–H groups in total. The van der Waals surface area contributed by atoms with E-state index in [1.165, 1.54) is 22.0 Å². The first-order valence-electron chi connectivity index (χ1n) is 7.31. The number of hydrogen-bond acceptors (Lipinski definition) is 2. The van der Waals surface area contributed by atoms with Crippen molar-refractivity contribution in [2.45, 2.75) is 26.6 Å². The van der Waals surface area contributed by atoms with E-state index in [0.29, 0.717) is 13.2 Å².